The molecule has 0 aliphatic carbocycles. The number of hydrogen-bond acceptors (Lipinski definition) is 5. The fraction of sp³-hybridized carbons (Fsp3) is 0.471. The minimum atomic E-state index is -0.0716. The average Bonchev–Trinajstić information content (AvgIpc) is 3.19. The first-order valence-corrected chi connectivity index (χ1v) is 8.90. The van der Waals surface area contributed by atoms with Crippen molar-refractivity contribution < 1.29 is 9.53 Å². The maximum absolute atomic E-state index is 12.5. The number of hydrogen-bond donors (Lipinski definition) is 1. The van der Waals surface area contributed by atoms with Crippen molar-refractivity contribution in [3.05, 3.63) is 30.6 Å². The molecular weight excluding hydrogens is 324 g/mol. The van der Waals surface area contributed by atoms with Gasteiger partial charge in [0.25, 0.3) is 0 Å². The summed E-state index contributed by atoms with van der Waals surface area (Å²) in [6, 6.07) is 7.77. The molecule has 1 saturated heterocycles. The first-order valence-electron chi connectivity index (χ1n) is 8.09. The number of aromatic nitrogens is 3. The van der Waals surface area contributed by atoms with Gasteiger partial charge in [-0.15, -0.1) is 10.2 Å². The summed E-state index contributed by atoms with van der Waals surface area (Å²) in [5, 5.41) is 11.7. The maximum Gasteiger partial charge on any atom is 0.230 e. The van der Waals surface area contributed by atoms with Gasteiger partial charge in [-0.1, -0.05) is 13.8 Å². The molecule has 0 bridgehead atoms. The monoisotopic (exact) mass is 346 g/mol. The van der Waals surface area contributed by atoms with Crippen LogP contribution in [0, 0.1) is 11.8 Å². The van der Waals surface area contributed by atoms with Crippen LogP contribution in [0.4, 0.5) is 5.69 Å². The molecule has 7 heteroatoms. The first kappa shape index (κ1) is 17.0. The molecule has 3 rings (SSSR count). The zero-order chi connectivity index (χ0) is 17.1. The van der Waals surface area contributed by atoms with Crippen LogP contribution in [-0.2, 0) is 16.6 Å². The molecule has 24 heavy (non-hydrogen) atoms. The smallest absolute Gasteiger partial charge is 0.230 e. The standard InChI is InChI=1S/C17H22N4O2S/c1-11(2)15-14(8-9-23-15)16(22)19-12-4-6-13(7-5-12)24-17-20-18-10-21(17)3/h4-7,10-11,14-15H,8-9H2,1-3H3,(H,19,22). The zero-order valence-corrected chi connectivity index (χ0v) is 14.9. The molecule has 0 spiro atoms. The number of ether oxygens (including phenoxy) is 1. The highest BCUT2D eigenvalue weighted by Gasteiger charge is 2.35. The molecule has 2 aromatic rings. The lowest BCUT2D eigenvalue weighted by Crippen LogP contribution is -2.32. The van der Waals surface area contributed by atoms with Gasteiger partial charge in [-0.05, 0) is 48.4 Å². The molecule has 2 unspecified atom stereocenters. The van der Waals surface area contributed by atoms with Crippen molar-refractivity contribution in [1.29, 1.82) is 0 Å². The van der Waals surface area contributed by atoms with Crippen molar-refractivity contribution in [2.75, 3.05) is 11.9 Å². The van der Waals surface area contributed by atoms with E-state index < -0.39 is 0 Å². The predicted molar refractivity (Wildman–Crippen MR) is 92.9 cm³/mol. The molecule has 1 fully saturated rings. The number of rotatable bonds is 5. The Kier molecular flexibility index (Phi) is 5.20. The molecule has 1 N–H and O–H groups in total. The quantitative estimate of drug-likeness (QED) is 0.901. The van der Waals surface area contributed by atoms with Gasteiger partial charge >= 0.3 is 0 Å². The molecule has 128 valence electrons. The second-order valence-corrected chi connectivity index (χ2v) is 7.36. The Morgan fingerprint density at radius 1 is 1.38 bits per heavy atom. The number of nitrogens with one attached hydrogen (secondary N) is 1. The SMILES string of the molecule is CC(C)C1OCCC1C(=O)Nc1ccc(Sc2nncn2C)cc1. The molecule has 2 heterocycles. The lowest BCUT2D eigenvalue weighted by Gasteiger charge is -2.21. The molecule has 0 radical (unpaired) electrons. The predicted octanol–water partition coefficient (Wildman–Crippen LogP) is 2.97. The summed E-state index contributed by atoms with van der Waals surface area (Å²) in [4.78, 5) is 13.5. The molecular formula is C17H22N4O2S. The highest BCUT2D eigenvalue weighted by Crippen LogP contribution is 2.29. The Bertz CT molecular complexity index is 699. The van der Waals surface area contributed by atoms with Crippen LogP contribution in [-0.4, -0.2) is 33.4 Å². The van der Waals surface area contributed by atoms with Gasteiger partial charge in [-0.3, -0.25) is 4.79 Å². The van der Waals surface area contributed by atoms with Gasteiger partial charge in [0.1, 0.15) is 6.33 Å². The molecule has 1 aromatic carbocycles. The van der Waals surface area contributed by atoms with E-state index in [1.807, 2.05) is 35.9 Å². The molecule has 1 aliphatic rings. The maximum atomic E-state index is 12.5. The fourth-order valence-corrected chi connectivity index (χ4v) is 3.62. The van der Waals surface area contributed by atoms with Crippen LogP contribution in [0.15, 0.2) is 40.6 Å². The minimum Gasteiger partial charge on any atom is -0.377 e. The minimum absolute atomic E-state index is 0.00995. The highest BCUT2D eigenvalue weighted by molar-refractivity contribution is 7.99. The van der Waals surface area contributed by atoms with Crippen LogP contribution in [0.2, 0.25) is 0 Å². The number of nitrogens with zero attached hydrogens (tertiary/aromatic N) is 3. The van der Waals surface area contributed by atoms with E-state index in [2.05, 4.69) is 29.4 Å². The summed E-state index contributed by atoms with van der Waals surface area (Å²) < 4.78 is 7.56. The van der Waals surface area contributed by atoms with E-state index in [-0.39, 0.29) is 17.9 Å². The Morgan fingerprint density at radius 3 is 2.75 bits per heavy atom. The number of carbonyl (C=O) groups is 1. The average molecular weight is 346 g/mol. The van der Waals surface area contributed by atoms with Crippen molar-refractivity contribution in [3.63, 3.8) is 0 Å². The van der Waals surface area contributed by atoms with Crippen molar-refractivity contribution in [1.82, 2.24) is 14.8 Å². The van der Waals surface area contributed by atoms with Gasteiger partial charge in [0, 0.05) is 24.2 Å². The Labute approximate surface area is 146 Å². The highest BCUT2D eigenvalue weighted by atomic mass is 32.2. The van der Waals surface area contributed by atoms with Crippen molar-refractivity contribution in [3.8, 4) is 0 Å². The van der Waals surface area contributed by atoms with Crippen molar-refractivity contribution >= 4 is 23.4 Å². The Balaban J connectivity index is 1.62. The molecule has 1 aliphatic heterocycles. The summed E-state index contributed by atoms with van der Waals surface area (Å²) in [6.45, 7) is 4.84. The third kappa shape index (κ3) is 3.79. The fourth-order valence-electron chi connectivity index (χ4n) is 2.86. The molecule has 1 amide bonds. The van der Waals surface area contributed by atoms with Gasteiger partial charge in [0.2, 0.25) is 5.91 Å². The third-order valence-corrected chi connectivity index (χ3v) is 5.19. The first-order chi connectivity index (χ1) is 11.5. The van der Waals surface area contributed by atoms with Crippen LogP contribution in [0.25, 0.3) is 0 Å². The van der Waals surface area contributed by atoms with Gasteiger partial charge in [0.05, 0.1) is 12.0 Å². The lowest BCUT2D eigenvalue weighted by molar-refractivity contribution is -0.122. The molecule has 1 aromatic heterocycles. The normalized spacial score (nSPS) is 20.5. The molecule has 0 saturated carbocycles. The summed E-state index contributed by atoms with van der Waals surface area (Å²) >= 11 is 1.53. The number of benzene rings is 1. The van der Waals surface area contributed by atoms with Gasteiger partial charge in [0.15, 0.2) is 5.16 Å². The van der Waals surface area contributed by atoms with Gasteiger partial charge < -0.3 is 14.6 Å². The second kappa shape index (κ2) is 7.36. The number of amides is 1. The third-order valence-electron chi connectivity index (χ3n) is 4.13. The van der Waals surface area contributed by atoms with E-state index in [9.17, 15) is 4.79 Å². The van der Waals surface area contributed by atoms with Crippen LogP contribution < -0.4 is 5.32 Å². The molecule has 6 nitrogen and oxygen atoms in total. The second-order valence-electron chi connectivity index (χ2n) is 6.31. The van der Waals surface area contributed by atoms with Crippen LogP contribution in [0.1, 0.15) is 20.3 Å². The number of carbonyl (C=O) groups excluding carboxylic acids is 1. The zero-order valence-electron chi connectivity index (χ0n) is 14.1. The van der Waals surface area contributed by atoms with E-state index in [0.717, 1.165) is 22.2 Å². The topological polar surface area (TPSA) is 69.0 Å². The summed E-state index contributed by atoms with van der Waals surface area (Å²) in [6.07, 6.45) is 2.47. The largest absolute Gasteiger partial charge is 0.377 e. The summed E-state index contributed by atoms with van der Waals surface area (Å²) in [7, 11) is 1.91. The summed E-state index contributed by atoms with van der Waals surface area (Å²) in [5.41, 5.74) is 0.803. The van der Waals surface area contributed by atoms with E-state index in [4.69, 9.17) is 4.74 Å². The van der Waals surface area contributed by atoms with Crippen LogP contribution in [0.5, 0.6) is 0 Å². The van der Waals surface area contributed by atoms with E-state index in [1.165, 1.54) is 11.8 Å². The Hall–Kier alpha value is -1.86. The molecule has 2 atom stereocenters. The van der Waals surface area contributed by atoms with E-state index >= 15 is 0 Å². The van der Waals surface area contributed by atoms with Crippen molar-refractivity contribution in [2.24, 2.45) is 18.9 Å². The van der Waals surface area contributed by atoms with Crippen molar-refractivity contribution in [2.45, 2.75) is 36.4 Å². The van der Waals surface area contributed by atoms with Gasteiger partial charge in [-0.2, -0.15) is 0 Å². The van der Waals surface area contributed by atoms with Crippen LogP contribution in [0.3, 0.4) is 0 Å². The lowest BCUT2D eigenvalue weighted by atomic mass is 9.92. The van der Waals surface area contributed by atoms with Crippen LogP contribution >= 0.6 is 11.8 Å². The van der Waals surface area contributed by atoms with Gasteiger partial charge in [-0.25, -0.2) is 0 Å². The number of anilines is 1. The van der Waals surface area contributed by atoms with E-state index in [1.54, 1.807) is 6.33 Å². The number of aryl methyl sites for hydroxylation is 1. The van der Waals surface area contributed by atoms with E-state index in [0.29, 0.717) is 12.5 Å². The Morgan fingerprint density at radius 2 is 2.12 bits per heavy atom. The summed E-state index contributed by atoms with van der Waals surface area (Å²) in [5.74, 6) is 0.311.